The average Bonchev–Trinajstić information content (AvgIpc) is 2.68. The van der Waals surface area contributed by atoms with Crippen molar-refractivity contribution in [1.29, 1.82) is 10.8 Å². The van der Waals surface area contributed by atoms with Gasteiger partial charge in [0.15, 0.2) is 0 Å². The smallest absolute Gasteiger partial charge is 0.312 e. The van der Waals surface area contributed by atoms with Crippen LogP contribution in [-0.4, -0.2) is 46.4 Å². The number of hydrogen-bond acceptors (Lipinski definition) is 4. The van der Waals surface area contributed by atoms with Gasteiger partial charge in [0, 0.05) is 37.3 Å². The van der Waals surface area contributed by atoms with Crippen LogP contribution in [0.2, 0.25) is 0 Å². The number of piperazine rings is 1. The first-order chi connectivity index (χ1) is 13.3. The molecule has 0 aromatic heterocycles. The Morgan fingerprint density at radius 3 is 1.54 bits per heavy atom. The summed E-state index contributed by atoms with van der Waals surface area (Å²) in [5.74, 6) is -1.19. The van der Waals surface area contributed by atoms with E-state index in [2.05, 4.69) is 0 Å². The van der Waals surface area contributed by atoms with Crippen LogP contribution >= 0.6 is 0 Å². The maximum Gasteiger partial charge on any atom is 0.312 e. The van der Waals surface area contributed by atoms with Gasteiger partial charge in [-0.15, -0.1) is 0 Å². The molecular formula is C20H22N6O2. The molecule has 144 valence electrons. The van der Waals surface area contributed by atoms with Crippen LogP contribution in [0.4, 0.5) is 0 Å². The number of amidine groups is 2. The summed E-state index contributed by atoms with van der Waals surface area (Å²) < 4.78 is 0. The lowest BCUT2D eigenvalue weighted by atomic mass is 10.1. The molecule has 8 nitrogen and oxygen atoms in total. The normalized spacial score (nSPS) is 14.3. The van der Waals surface area contributed by atoms with Crippen LogP contribution in [0.3, 0.4) is 0 Å². The quantitative estimate of drug-likeness (QED) is 0.332. The van der Waals surface area contributed by atoms with Crippen molar-refractivity contribution >= 4 is 23.5 Å². The van der Waals surface area contributed by atoms with E-state index in [1.807, 2.05) is 12.1 Å². The van der Waals surface area contributed by atoms with Crippen LogP contribution in [0, 0.1) is 10.8 Å². The van der Waals surface area contributed by atoms with E-state index in [-0.39, 0.29) is 11.7 Å². The maximum atomic E-state index is 12.5. The number of nitrogens with two attached hydrogens (primary N) is 2. The Morgan fingerprint density at radius 2 is 1.18 bits per heavy atom. The average molecular weight is 378 g/mol. The molecular weight excluding hydrogens is 356 g/mol. The molecule has 0 saturated carbocycles. The minimum absolute atomic E-state index is 0.0399. The summed E-state index contributed by atoms with van der Waals surface area (Å²) in [6, 6.07) is 14.2. The summed E-state index contributed by atoms with van der Waals surface area (Å²) in [4.78, 5) is 28.1. The molecule has 0 atom stereocenters. The van der Waals surface area contributed by atoms with Crippen molar-refractivity contribution in [3.8, 4) is 0 Å². The third-order valence-electron chi connectivity index (χ3n) is 4.62. The Bertz CT molecular complexity index is 878. The summed E-state index contributed by atoms with van der Waals surface area (Å²) in [7, 11) is 0. The van der Waals surface area contributed by atoms with Crippen molar-refractivity contribution in [2.45, 2.75) is 13.1 Å². The molecule has 1 fully saturated rings. The van der Waals surface area contributed by atoms with Gasteiger partial charge in [0.1, 0.15) is 11.7 Å². The highest BCUT2D eigenvalue weighted by Gasteiger charge is 2.32. The van der Waals surface area contributed by atoms with E-state index in [4.69, 9.17) is 22.3 Å². The Kier molecular flexibility index (Phi) is 5.39. The number of carbonyl (C=O) groups is 2. The highest BCUT2D eigenvalue weighted by Crippen LogP contribution is 2.15. The number of rotatable bonds is 6. The van der Waals surface area contributed by atoms with Crippen LogP contribution in [0.5, 0.6) is 0 Å². The molecule has 0 spiro atoms. The lowest BCUT2D eigenvalue weighted by molar-refractivity contribution is -0.156. The van der Waals surface area contributed by atoms with Crippen LogP contribution in [-0.2, 0) is 22.7 Å². The first-order valence-electron chi connectivity index (χ1n) is 8.80. The van der Waals surface area contributed by atoms with Gasteiger partial charge >= 0.3 is 11.8 Å². The van der Waals surface area contributed by atoms with E-state index in [0.717, 1.165) is 11.1 Å². The molecule has 1 aliphatic heterocycles. The van der Waals surface area contributed by atoms with E-state index in [1.54, 1.807) is 36.4 Å². The minimum Gasteiger partial charge on any atom is -0.384 e. The predicted octanol–water partition coefficient (Wildman–Crippen LogP) is 0.626. The van der Waals surface area contributed by atoms with E-state index < -0.39 is 11.8 Å². The summed E-state index contributed by atoms with van der Waals surface area (Å²) in [5.41, 5.74) is 13.8. The molecule has 2 amide bonds. The first-order valence-corrected chi connectivity index (χ1v) is 8.80. The Morgan fingerprint density at radius 1 is 0.786 bits per heavy atom. The molecule has 0 bridgehead atoms. The lowest BCUT2D eigenvalue weighted by Crippen LogP contribution is -2.53. The summed E-state index contributed by atoms with van der Waals surface area (Å²) in [6.07, 6.45) is 0. The maximum absolute atomic E-state index is 12.5. The molecule has 1 heterocycles. The van der Waals surface area contributed by atoms with Crippen molar-refractivity contribution < 1.29 is 9.59 Å². The number of nitrogen functional groups attached to an aromatic ring is 2. The van der Waals surface area contributed by atoms with Gasteiger partial charge in [0.25, 0.3) is 0 Å². The zero-order valence-corrected chi connectivity index (χ0v) is 15.3. The molecule has 0 radical (unpaired) electrons. The number of benzene rings is 2. The molecule has 1 aliphatic rings. The number of nitrogens with zero attached hydrogens (tertiary/aromatic N) is 2. The van der Waals surface area contributed by atoms with Gasteiger partial charge in [0.05, 0.1) is 0 Å². The number of amides is 2. The summed E-state index contributed by atoms with van der Waals surface area (Å²) >= 11 is 0. The second kappa shape index (κ2) is 7.91. The number of nitrogens with one attached hydrogen (secondary N) is 2. The Hall–Kier alpha value is -3.68. The van der Waals surface area contributed by atoms with Crippen LogP contribution < -0.4 is 11.5 Å². The highest BCUT2D eigenvalue weighted by molar-refractivity contribution is 6.35. The fourth-order valence-electron chi connectivity index (χ4n) is 3.13. The van der Waals surface area contributed by atoms with Crippen molar-refractivity contribution in [3.63, 3.8) is 0 Å². The molecule has 6 N–H and O–H groups in total. The number of carbonyl (C=O) groups excluding carboxylic acids is 2. The zero-order valence-electron chi connectivity index (χ0n) is 15.3. The topological polar surface area (TPSA) is 140 Å². The fraction of sp³-hybridized carbons (Fsp3) is 0.200. The molecule has 3 rings (SSSR count). The van der Waals surface area contributed by atoms with Gasteiger partial charge in [-0.25, -0.2) is 0 Å². The van der Waals surface area contributed by atoms with Gasteiger partial charge in [-0.3, -0.25) is 20.4 Å². The van der Waals surface area contributed by atoms with Crippen LogP contribution in [0.25, 0.3) is 0 Å². The summed E-state index contributed by atoms with van der Waals surface area (Å²) in [5, 5.41) is 15.0. The molecule has 2 aromatic rings. The largest absolute Gasteiger partial charge is 0.384 e. The van der Waals surface area contributed by atoms with Gasteiger partial charge in [-0.2, -0.15) is 0 Å². The van der Waals surface area contributed by atoms with E-state index >= 15 is 0 Å². The highest BCUT2D eigenvalue weighted by atomic mass is 16.2. The van der Waals surface area contributed by atoms with Crippen LogP contribution in [0.15, 0.2) is 48.5 Å². The lowest BCUT2D eigenvalue weighted by Gasteiger charge is -2.34. The molecule has 8 heteroatoms. The second-order valence-electron chi connectivity index (χ2n) is 6.68. The third kappa shape index (κ3) is 4.17. The standard InChI is InChI=1S/C20H22N6O2/c21-17(22)15-5-1-3-13(9-15)11-25-7-8-26(20(28)19(25)27)12-14-4-2-6-16(10-14)18(23)24/h1-6,9-10H,7-8,11-12H2,(H3,21,22)(H3,23,24). The molecule has 2 aromatic carbocycles. The van der Waals surface area contributed by atoms with Gasteiger partial charge in [-0.05, 0) is 23.3 Å². The number of hydrogen-bond donors (Lipinski definition) is 4. The van der Waals surface area contributed by atoms with E-state index in [9.17, 15) is 9.59 Å². The summed E-state index contributed by atoms with van der Waals surface area (Å²) in [6.45, 7) is 1.42. The van der Waals surface area contributed by atoms with Gasteiger partial charge in [-0.1, -0.05) is 36.4 Å². The molecule has 0 aliphatic carbocycles. The second-order valence-corrected chi connectivity index (χ2v) is 6.68. The van der Waals surface area contributed by atoms with Crippen molar-refractivity contribution in [2.75, 3.05) is 13.1 Å². The SMILES string of the molecule is N=C(N)c1cccc(CN2CCN(Cc3cccc(C(=N)N)c3)C(=O)C2=O)c1. The minimum atomic E-state index is -0.554. The van der Waals surface area contributed by atoms with Gasteiger partial charge < -0.3 is 21.3 Å². The van der Waals surface area contributed by atoms with E-state index in [0.29, 0.717) is 37.3 Å². The van der Waals surface area contributed by atoms with Crippen molar-refractivity contribution in [2.24, 2.45) is 11.5 Å². The van der Waals surface area contributed by atoms with Crippen molar-refractivity contribution in [3.05, 3.63) is 70.8 Å². The first kappa shape index (κ1) is 19.1. The predicted molar refractivity (Wildman–Crippen MR) is 106 cm³/mol. The van der Waals surface area contributed by atoms with Gasteiger partial charge in [0.2, 0.25) is 0 Å². The fourth-order valence-corrected chi connectivity index (χ4v) is 3.13. The van der Waals surface area contributed by atoms with Crippen LogP contribution in [0.1, 0.15) is 22.3 Å². The Labute approximate surface area is 162 Å². The molecule has 0 unspecified atom stereocenters. The molecule has 28 heavy (non-hydrogen) atoms. The molecule has 1 saturated heterocycles. The van der Waals surface area contributed by atoms with E-state index in [1.165, 1.54) is 9.80 Å². The van der Waals surface area contributed by atoms with Crippen molar-refractivity contribution in [1.82, 2.24) is 9.80 Å². The third-order valence-corrected chi connectivity index (χ3v) is 4.62. The monoisotopic (exact) mass is 378 g/mol. The zero-order chi connectivity index (χ0) is 20.3. The Balaban J connectivity index is 1.67.